The Morgan fingerprint density at radius 3 is 2.57 bits per heavy atom. The van der Waals surface area contributed by atoms with Crippen LogP contribution < -0.4 is 14.8 Å². The molecule has 0 heterocycles. The van der Waals surface area contributed by atoms with Crippen LogP contribution in [0, 0.1) is 0 Å². The van der Waals surface area contributed by atoms with Gasteiger partial charge in [0.05, 0.1) is 19.8 Å². The largest absolute Gasteiger partial charge is 0.493 e. The van der Waals surface area contributed by atoms with Crippen LogP contribution in [0.3, 0.4) is 0 Å². The minimum absolute atomic E-state index is 0.479. The highest BCUT2D eigenvalue weighted by Crippen LogP contribution is 2.33. The van der Waals surface area contributed by atoms with Crippen LogP contribution in [-0.4, -0.2) is 25.4 Å². The maximum atomic E-state index is 10.2. The predicted octanol–water partition coefficient (Wildman–Crippen LogP) is 3.68. The molecule has 0 spiro atoms. The number of hydrogen-bond donors (Lipinski definition) is 2. The van der Waals surface area contributed by atoms with Crippen molar-refractivity contribution in [3.05, 3.63) is 58.1 Å². The molecule has 2 aromatic carbocycles. The molecule has 0 saturated carbocycles. The summed E-state index contributed by atoms with van der Waals surface area (Å²) in [6.07, 6.45) is -0.528. The van der Waals surface area contributed by atoms with E-state index in [1.807, 2.05) is 49.4 Å². The van der Waals surface area contributed by atoms with Gasteiger partial charge in [-0.3, -0.25) is 0 Å². The Hall–Kier alpha value is -1.56. The second-order valence-electron chi connectivity index (χ2n) is 5.08. The average Bonchev–Trinajstić information content (AvgIpc) is 2.58. The topological polar surface area (TPSA) is 50.7 Å². The number of methoxy groups -OCH3 is 1. The number of aliphatic hydroxyl groups excluding tert-OH is 1. The predicted molar refractivity (Wildman–Crippen MR) is 95.0 cm³/mol. The minimum atomic E-state index is -0.528. The van der Waals surface area contributed by atoms with Gasteiger partial charge in [-0.25, -0.2) is 0 Å². The molecular formula is C18H22BrNO3. The zero-order valence-electron chi connectivity index (χ0n) is 13.4. The molecule has 2 N–H and O–H groups in total. The number of benzene rings is 2. The molecule has 4 nitrogen and oxygen atoms in total. The number of aliphatic hydroxyl groups is 1. The van der Waals surface area contributed by atoms with E-state index in [1.54, 1.807) is 7.11 Å². The van der Waals surface area contributed by atoms with Gasteiger partial charge in [0.2, 0.25) is 0 Å². The maximum absolute atomic E-state index is 10.2. The third kappa shape index (κ3) is 4.96. The second kappa shape index (κ2) is 8.91. The molecule has 5 heteroatoms. The van der Waals surface area contributed by atoms with E-state index in [2.05, 4.69) is 21.2 Å². The van der Waals surface area contributed by atoms with Gasteiger partial charge < -0.3 is 19.9 Å². The zero-order chi connectivity index (χ0) is 16.7. The summed E-state index contributed by atoms with van der Waals surface area (Å²) >= 11 is 3.55. The average molecular weight is 380 g/mol. The summed E-state index contributed by atoms with van der Waals surface area (Å²) < 4.78 is 11.9. The lowest BCUT2D eigenvalue weighted by Crippen LogP contribution is -2.21. The molecule has 124 valence electrons. The van der Waals surface area contributed by atoms with Crippen LogP contribution in [0.25, 0.3) is 0 Å². The summed E-state index contributed by atoms with van der Waals surface area (Å²) in [6, 6.07) is 13.5. The van der Waals surface area contributed by atoms with Crippen molar-refractivity contribution < 1.29 is 14.6 Å². The molecule has 0 aromatic heterocycles. The zero-order valence-corrected chi connectivity index (χ0v) is 15.0. The summed E-state index contributed by atoms with van der Waals surface area (Å²) in [7, 11) is 1.62. The molecule has 0 aliphatic rings. The van der Waals surface area contributed by atoms with Crippen LogP contribution in [0.4, 0.5) is 0 Å². The summed E-state index contributed by atoms with van der Waals surface area (Å²) in [5.41, 5.74) is 1.96. The number of ether oxygens (including phenoxy) is 2. The highest BCUT2D eigenvalue weighted by atomic mass is 79.9. The van der Waals surface area contributed by atoms with Crippen LogP contribution in [0.5, 0.6) is 11.5 Å². The summed E-state index contributed by atoms with van der Waals surface area (Å²) in [5.74, 6) is 1.42. The van der Waals surface area contributed by atoms with Gasteiger partial charge in [-0.15, -0.1) is 0 Å². The van der Waals surface area contributed by atoms with Crippen molar-refractivity contribution >= 4 is 15.9 Å². The first-order valence-corrected chi connectivity index (χ1v) is 8.38. The van der Waals surface area contributed by atoms with Crippen LogP contribution >= 0.6 is 15.9 Å². The van der Waals surface area contributed by atoms with Crippen molar-refractivity contribution in [2.24, 2.45) is 0 Å². The lowest BCUT2D eigenvalue weighted by Gasteiger charge is -2.15. The van der Waals surface area contributed by atoms with Crippen molar-refractivity contribution in [2.75, 3.05) is 20.3 Å². The number of nitrogens with one attached hydrogen (secondary N) is 1. The lowest BCUT2D eigenvalue weighted by atomic mass is 10.1. The molecule has 2 rings (SSSR count). The summed E-state index contributed by atoms with van der Waals surface area (Å²) in [6.45, 7) is 3.62. The Bertz CT molecular complexity index is 619. The molecule has 1 atom stereocenters. The Morgan fingerprint density at radius 1 is 1.17 bits per heavy atom. The van der Waals surface area contributed by atoms with E-state index in [9.17, 15) is 5.11 Å². The Labute approximate surface area is 145 Å². The molecule has 0 bridgehead atoms. The van der Waals surface area contributed by atoms with Gasteiger partial charge in [0, 0.05) is 17.6 Å². The first kappa shape index (κ1) is 17.8. The summed E-state index contributed by atoms with van der Waals surface area (Å²) in [4.78, 5) is 0. The Balaban J connectivity index is 1.98. The van der Waals surface area contributed by atoms with E-state index in [4.69, 9.17) is 9.47 Å². The van der Waals surface area contributed by atoms with E-state index in [-0.39, 0.29) is 0 Å². The first-order valence-electron chi connectivity index (χ1n) is 7.58. The molecule has 0 aliphatic heterocycles. The van der Waals surface area contributed by atoms with Gasteiger partial charge in [-0.1, -0.05) is 46.3 Å². The van der Waals surface area contributed by atoms with Gasteiger partial charge in [-0.2, -0.15) is 0 Å². The van der Waals surface area contributed by atoms with Crippen LogP contribution in [0.15, 0.2) is 46.9 Å². The van der Waals surface area contributed by atoms with Gasteiger partial charge in [0.15, 0.2) is 11.5 Å². The maximum Gasteiger partial charge on any atom is 0.161 e. The number of hydrogen-bond acceptors (Lipinski definition) is 4. The standard InChI is InChI=1S/C18H22BrNO3/c1-3-23-18-9-14(15(19)10-17(18)22-2)11-20-12-16(21)13-7-5-4-6-8-13/h4-10,16,20-21H,3,11-12H2,1-2H3. The quantitative estimate of drug-likeness (QED) is 0.734. The SMILES string of the molecule is CCOc1cc(CNCC(O)c2ccccc2)c(Br)cc1OC. The fourth-order valence-corrected chi connectivity index (χ4v) is 2.74. The van der Waals surface area contributed by atoms with Crippen LogP contribution in [0.1, 0.15) is 24.2 Å². The molecule has 2 aromatic rings. The van der Waals surface area contributed by atoms with E-state index in [0.29, 0.717) is 25.4 Å². The molecule has 0 fully saturated rings. The number of halogens is 1. The fourth-order valence-electron chi connectivity index (χ4n) is 2.28. The third-order valence-corrected chi connectivity index (χ3v) is 4.21. The van der Waals surface area contributed by atoms with Crippen molar-refractivity contribution in [1.29, 1.82) is 0 Å². The summed E-state index contributed by atoms with van der Waals surface area (Å²) in [5, 5.41) is 13.4. The first-order chi connectivity index (χ1) is 11.2. The van der Waals surface area contributed by atoms with Gasteiger partial charge in [-0.05, 0) is 30.2 Å². The van der Waals surface area contributed by atoms with E-state index >= 15 is 0 Å². The fraction of sp³-hybridized carbons (Fsp3) is 0.333. The highest BCUT2D eigenvalue weighted by Gasteiger charge is 2.11. The third-order valence-electron chi connectivity index (χ3n) is 3.47. The van der Waals surface area contributed by atoms with Gasteiger partial charge in [0.25, 0.3) is 0 Å². The smallest absolute Gasteiger partial charge is 0.161 e. The van der Waals surface area contributed by atoms with Gasteiger partial charge >= 0.3 is 0 Å². The van der Waals surface area contributed by atoms with Crippen LogP contribution in [-0.2, 0) is 6.54 Å². The van der Waals surface area contributed by atoms with E-state index < -0.39 is 6.10 Å². The molecule has 23 heavy (non-hydrogen) atoms. The second-order valence-corrected chi connectivity index (χ2v) is 5.94. The highest BCUT2D eigenvalue weighted by molar-refractivity contribution is 9.10. The Kier molecular flexibility index (Phi) is 6.89. The van der Waals surface area contributed by atoms with Crippen molar-refractivity contribution in [3.63, 3.8) is 0 Å². The van der Waals surface area contributed by atoms with Crippen molar-refractivity contribution in [3.8, 4) is 11.5 Å². The molecule has 0 saturated heterocycles. The van der Waals surface area contributed by atoms with E-state index in [0.717, 1.165) is 21.3 Å². The Morgan fingerprint density at radius 2 is 1.91 bits per heavy atom. The normalized spacial score (nSPS) is 12.0. The van der Waals surface area contributed by atoms with Gasteiger partial charge in [0.1, 0.15) is 0 Å². The minimum Gasteiger partial charge on any atom is -0.493 e. The van der Waals surface area contributed by atoms with E-state index in [1.165, 1.54) is 0 Å². The lowest BCUT2D eigenvalue weighted by molar-refractivity contribution is 0.174. The van der Waals surface area contributed by atoms with Crippen molar-refractivity contribution in [1.82, 2.24) is 5.32 Å². The van der Waals surface area contributed by atoms with Crippen LogP contribution in [0.2, 0.25) is 0 Å². The number of rotatable bonds is 8. The molecule has 0 aliphatic carbocycles. The molecule has 0 radical (unpaired) electrons. The molecular weight excluding hydrogens is 358 g/mol. The monoisotopic (exact) mass is 379 g/mol. The van der Waals surface area contributed by atoms with Crippen molar-refractivity contribution in [2.45, 2.75) is 19.6 Å². The molecule has 1 unspecified atom stereocenters. The molecule has 0 amide bonds.